The lowest BCUT2D eigenvalue weighted by Crippen LogP contribution is -2.58. The summed E-state index contributed by atoms with van der Waals surface area (Å²) >= 11 is 0. The predicted octanol–water partition coefficient (Wildman–Crippen LogP) is 1.57. The zero-order valence-corrected chi connectivity index (χ0v) is 22.9. The molecule has 0 radical (unpaired) electrons. The third kappa shape index (κ3) is 5.66. The zero-order chi connectivity index (χ0) is 28.0. The number of unbranched alkanes of at least 4 members (excludes halogenated alkanes) is 1. The highest BCUT2D eigenvalue weighted by molar-refractivity contribution is 5.98. The molecule has 212 valence electrons. The van der Waals surface area contributed by atoms with Crippen LogP contribution in [0.4, 0.5) is 0 Å². The Hall–Kier alpha value is -2.72. The molecule has 0 aromatic heterocycles. The van der Waals surface area contributed by atoms with E-state index < -0.39 is 47.7 Å². The van der Waals surface area contributed by atoms with Crippen molar-refractivity contribution >= 4 is 23.7 Å². The van der Waals surface area contributed by atoms with Crippen molar-refractivity contribution in [2.45, 2.75) is 89.2 Å². The van der Waals surface area contributed by atoms with Crippen LogP contribution >= 0.6 is 0 Å². The van der Waals surface area contributed by atoms with Crippen molar-refractivity contribution in [3.8, 4) is 0 Å². The predicted molar refractivity (Wildman–Crippen MR) is 141 cm³/mol. The second kappa shape index (κ2) is 12.9. The highest BCUT2D eigenvalue weighted by atomic mass is 16.6. The van der Waals surface area contributed by atoms with Gasteiger partial charge in [-0.05, 0) is 39.5 Å². The van der Waals surface area contributed by atoms with E-state index in [4.69, 9.17) is 9.47 Å². The summed E-state index contributed by atoms with van der Waals surface area (Å²) < 4.78 is 12.1. The average molecular weight is 534 g/mol. The minimum Gasteiger partial charge on any atom is -0.460 e. The van der Waals surface area contributed by atoms with Crippen molar-refractivity contribution in [1.29, 1.82) is 0 Å². The standard InChI is InChI=1S/C28H43N3O7/c1-6-9-11-21(33)29-16-19(5)37-27(36)22-20-12-13-28(38-20)23(22)25(34)31(18(4)17-32)24(28)26(35)30(14-8-3)15-10-7-2/h6,8,18-20,22-24,32H,1,3,7,9-17H2,2,4-5H3,(H,29,33)/t18-,19-,20+,22-,23-,24+,28-/m1/s1. The number of nitrogens with zero attached hydrogens (tertiary/aromatic N) is 2. The van der Waals surface area contributed by atoms with Crippen molar-refractivity contribution in [2.24, 2.45) is 11.8 Å². The summed E-state index contributed by atoms with van der Waals surface area (Å²) in [5.74, 6) is -3.08. The fourth-order valence-electron chi connectivity index (χ4n) is 6.07. The molecule has 3 heterocycles. The van der Waals surface area contributed by atoms with Gasteiger partial charge in [-0.1, -0.05) is 25.5 Å². The Bertz CT molecular complexity index is 924. The number of amides is 3. The van der Waals surface area contributed by atoms with Crippen molar-refractivity contribution in [1.82, 2.24) is 15.1 Å². The summed E-state index contributed by atoms with van der Waals surface area (Å²) in [4.78, 5) is 56.3. The molecule has 0 saturated carbocycles. The van der Waals surface area contributed by atoms with Crippen LogP contribution in [0.2, 0.25) is 0 Å². The first-order valence-electron chi connectivity index (χ1n) is 13.7. The molecular weight excluding hydrogens is 490 g/mol. The zero-order valence-electron chi connectivity index (χ0n) is 22.9. The molecule has 0 aliphatic carbocycles. The number of aliphatic hydroxyl groups excluding tert-OH is 1. The van der Waals surface area contributed by atoms with Crippen molar-refractivity contribution in [3.05, 3.63) is 25.3 Å². The number of carbonyl (C=O) groups excluding carboxylic acids is 4. The molecule has 2 bridgehead atoms. The molecule has 10 heteroatoms. The van der Waals surface area contributed by atoms with Crippen LogP contribution in [0.5, 0.6) is 0 Å². The van der Waals surface area contributed by atoms with Gasteiger partial charge in [-0.3, -0.25) is 19.2 Å². The van der Waals surface area contributed by atoms with Crippen LogP contribution in [0, 0.1) is 11.8 Å². The molecule has 3 saturated heterocycles. The van der Waals surface area contributed by atoms with E-state index in [1.54, 1.807) is 30.9 Å². The summed E-state index contributed by atoms with van der Waals surface area (Å²) in [6.07, 6.45) is 5.72. The number of likely N-dealkylation sites (tertiary alicyclic amines) is 1. The van der Waals surface area contributed by atoms with Gasteiger partial charge in [0.15, 0.2) is 0 Å². The summed E-state index contributed by atoms with van der Waals surface area (Å²) in [6, 6.07) is -1.57. The molecule has 3 rings (SSSR count). The van der Waals surface area contributed by atoms with E-state index >= 15 is 0 Å². The number of hydrogen-bond donors (Lipinski definition) is 2. The molecule has 0 aromatic rings. The van der Waals surface area contributed by atoms with Crippen LogP contribution in [0.25, 0.3) is 0 Å². The Labute approximate surface area is 225 Å². The van der Waals surface area contributed by atoms with Gasteiger partial charge >= 0.3 is 5.97 Å². The summed E-state index contributed by atoms with van der Waals surface area (Å²) in [7, 11) is 0. The quantitative estimate of drug-likeness (QED) is 0.242. The number of rotatable bonds is 15. The maximum absolute atomic E-state index is 14.0. The number of esters is 1. The largest absolute Gasteiger partial charge is 0.460 e. The lowest BCUT2D eigenvalue weighted by molar-refractivity contribution is -0.160. The molecule has 3 fully saturated rings. The number of nitrogens with one attached hydrogen (secondary N) is 1. The average Bonchev–Trinajstić information content (AvgIpc) is 3.55. The summed E-state index contributed by atoms with van der Waals surface area (Å²) in [5, 5.41) is 12.7. The second-order valence-corrected chi connectivity index (χ2v) is 10.6. The van der Waals surface area contributed by atoms with Gasteiger partial charge in [0.05, 0.1) is 37.1 Å². The Kier molecular flexibility index (Phi) is 10.1. The van der Waals surface area contributed by atoms with E-state index in [2.05, 4.69) is 18.5 Å². The monoisotopic (exact) mass is 533 g/mol. The smallest absolute Gasteiger partial charge is 0.312 e. The van der Waals surface area contributed by atoms with Crippen molar-refractivity contribution < 1.29 is 33.8 Å². The fourth-order valence-corrected chi connectivity index (χ4v) is 6.07. The molecule has 1 spiro atoms. The highest BCUT2D eigenvalue weighted by Gasteiger charge is 2.75. The number of fused-ring (bicyclic) bond motifs is 1. The van der Waals surface area contributed by atoms with Crippen LogP contribution in [-0.4, -0.2) is 94.7 Å². The SMILES string of the molecule is C=CCCC(=O)NC[C@@H](C)OC(=O)[C@@H]1[C@@H]2CC[C@]3(O2)[C@H](C(=O)N(CC=C)CCCC)N([C@H](C)CO)C(=O)[C@@H]13. The van der Waals surface area contributed by atoms with Crippen LogP contribution in [0.15, 0.2) is 25.3 Å². The van der Waals surface area contributed by atoms with Gasteiger partial charge in [-0.2, -0.15) is 0 Å². The minimum absolute atomic E-state index is 0.145. The van der Waals surface area contributed by atoms with E-state index in [1.807, 2.05) is 6.92 Å². The van der Waals surface area contributed by atoms with Gasteiger partial charge in [-0.15, -0.1) is 13.2 Å². The van der Waals surface area contributed by atoms with Crippen LogP contribution in [0.1, 0.15) is 59.3 Å². The van der Waals surface area contributed by atoms with E-state index in [1.165, 1.54) is 4.90 Å². The van der Waals surface area contributed by atoms with Crippen LogP contribution in [0.3, 0.4) is 0 Å². The first kappa shape index (κ1) is 29.8. The maximum Gasteiger partial charge on any atom is 0.312 e. The number of ether oxygens (including phenoxy) is 2. The summed E-state index contributed by atoms with van der Waals surface area (Å²) in [5.41, 5.74) is -1.15. The third-order valence-corrected chi connectivity index (χ3v) is 7.91. The van der Waals surface area contributed by atoms with E-state index in [-0.39, 0.29) is 30.9 Å². The molecule has 3 amide bonds. The molecule has 3 aliphatic heterocycles. The Morgan fingerprint density at radius 1 is 1.32 bits per heavy atom. The van der Waals surface area contributed by atoms with Crippen molar-refractivity contribution in [2.75, 3.05) is 26.2 Å². The van der Waals surface area contributed by atoms with Crippen molar-refractivity contribution in [3.63, 3.8) is 0 Å². The lowest BCUT2D eigenvalue weighted by atomic mass is 9.70. The van der Waals surface area contributed by atoms with Gasteiger partial charge in [-0.25, -0.2) is 0 Å². The van der Waals surface area contributed by atoms with Gasteiger partial charge in [0, 0.05) is 19.5 Å². The number of carbonyl (C=O) groups is 4. The topological polar surface area (TPSA) is 125 Å². The molecular formula is C28H43N3O7. The molecule has 38 heavy (non-hydrogen) atoms. The molecule has 7 atom stereocenters. The molecule has 0 aromatic carbocycles. The molecule has 3 aliphatic rings. The maximum atomic E-state index is 14.0. The van der Waals surface area contributed by atoms with Gasteiger partial charge in [0.2, 0.25) is 17.7 Å². The van der Waals surface area contributed by atoms with Crippen LogP contribution in [-0.2, 0) is 28.7 Å². The lowest BCUT2D eigenvalue weighted by Gasteiger charge is -2.38. The Morgan fingerprint density at radius 2 is 2.05 bits per heavy atom. The van der Waals surface area contributed by atoms with Crippen LogP contribution < -0.4 is 5.32 Å². The number of hydrogen-bond acceptors (Lipinski definition) is 7. The Morgan fingerprint density at radius 3 is 2.68 bits per heavy atom. The first-order valence-corrected chi connectivity index (χ1v) is 13.7. The minimum atomic E-state index is -1.15. The third-order valence-electron chi connectivity index (χ3n) is 7.91. The Balaban J connectivity index is 1.83. The number of aliphatic hydroxyl groups is 1. The number of allylic oxidation sites excluding steroid dienone is 1. The molecule has 2 N–H and O–H groups in total. The second-order valence-electron chi connectivity index (χ2n) is 10.6. The normalized spacial score (nSPS) is 28.9. The fraction of sp³-hybridized carbons (Fsp3) is 0.714. The van der Waals surface area contributed by atoms with E-state index in [0.717, 1.165) is 12.8 Å². The van der Waals surface area contributed by atoms with E-state index in [0.29, 0.717) is 38.8 Å². The summed E-state index contributed by atoms with van der Waals surface area (Å²) in [6.45, 7) is 13.5. The van der Waals surface area contributed by atoms with Gasteiger partial charge < -0.3 is 29.7 Å². The van der Waals surface area contributed by atoms with Gasteiger partial charge in [0.1, 0.15) is 17.7 Å². The highest BCUT2D eigenvalue weighted by Crippen LogP contribution is 2.59. The van der Waals surface area contributed by atoms with Gasteiger partial charge in [0.25, 0.3) is 0 Å². The molecule has 0 unspecified atom stereocenters. The molecule has 10 nitrogen and oxygen atoms in total. The van der Waals surface area contributed by atoms with E-state index in [9.17, 15) is 24.3 Å². The first-order chi connectivity index (χ1) is 18.2.